The Kier molecular flexibility index (Phi) is 7.03. The molecular weight excluding hydrogens is 272 g/mol. The maximum absolute atomic E-state index is 11.9. The number of methoxy groups -OCH3 is 1. The molecule has 7 heteroatoms. The summed E-state index contributed by atoms with van der Waals surface area (Å²) in [6, 6.07) is 4.91. The Hall–Kier alpha value is -2.28. The quantitative estimate of drug-likeness (QED) is 0.405. The van der Waals surface area contributed by atoms with Gasteiger partial charge in [0.1, 0.15) is 0 Å². The SMILES string of the molecule is CCNC(=O)c1ccc(N)cc1NCC(=O)NCCOC. The second-order valence-electron chi connectivity index (χ2n) is 4.36. The molecule has 7 nitrogen and oxygen atoms in total. The number of benzene rings is 1. The smallest absolute Gasteiger partial charge is 0.253 e. The van der Waals surface area contributed by atoms with Crippen molar-refractivity contribution in [2.24, 2.45) is 0 Å². The highest BCUT2D eigenvalue weighted by atomic mass is 16.5. The lowest BCUT2D eigenvalue weighted by Crippen LogP contribution is -2.33. The molecule has 116 valence electrons. The van der Waals surface area contributed by atoms with E-state index in [4.69, 9.17) is 10.5 Å². The molecule has 0 fully saturated rings. The van der Waals surface area contributed by atoms with E-state index in [1.807, 2.05) is 6.92 Å². The largest absolute Gasteiger partial charge is 0.399 e. The van der Waals surface area contributed by atoms with Crippen LogP contribution in [0.25, 0.3) is 0 Å². The highest BCUT2D eigenvalue weighted by Crippen LogP contribution is 2.19. The Bertz CT molecular complexity index is 491. The lowest BCUT2D eigenvalue weighted by molar-refractivity contribution is -0.119. The molecule has 0 saturated heterocycles. The van der Waals surface area contributed by atoms with E-state index in [-0.39, 0.29) is 18.4 Å². The van der Waals surface area contributed by atoms with Crippen LogP contribution in [0, 0.1) is 0 Å². The van der Waals surface area contributed by atoms with Gasteiger partial charge >= 0.3 is 0 Å². The van der Waals surface area contributed by atoms with Gasteiger partial charge in [-0.15, -0.1) is 0 Å². The van der Waals surface area contributed by atoms with Gasteiger partial charge in [0.05, 0.1) is 18.7 Å². The minimum absolute atomic E-state index is 0.0551. The summed E-state index contributed by atoms with van der Waals surface area (Å²) in [4.78, 5) is 23.5. The van der Waals surface area contributed by atoms with Crippen LogP contribution in [0.5, 0.6) is 0 Å². The molecule has 1 rings (SSSR count). The van der Waals surface area contributed by atoms with Gasteiger partial charge < -0.3 is 26.4 Å². The number of rotatable bonds is 8. The van der Waals surface area contributed by atoms with Gasteiger partial charge in [-0.1, -0.05) is 0 Å². The number of amides is 2. The van der Waals surface area contributed by atoms with E-state index in [0.717, 1.165) is 0 Å². The van der Waals surface area contributed by atoms with Gasteiger partial charge in [0.2, 0.25) is 5.91 Å². The average molecular weight is 294 g/mol. The number of nitrogens with two attached hydrogens (primary N) is 1. The number of hydrogen-bond acceptors (Lipinski definition) is 5. The first-order valence-electron chi connectivity index (χ1n) is 6.75. The van der Waals surface area contributed by atoms with Crippen LogP contribution in [-0.2, 0) is 9.53 Å². The van der Waals surface area contributed by atoms with Crippen molar-refractivity contribution < 1.29 is 14.3 Å². The van der Waals surface area contributed by atoms with Crippen LogP contribution < -0.4 is 21.7 Å². The third-order valence-electron chi connectivity index (χ3n) is 2.69. The van der Waals surface area contributed by atoms with Crippen LogP contribution in [0.3, 0.4) is 0 Å². The van der Waals surface area contributed by atoms with Crippen LogP contribution in [0.4, 0.5) is 11.4 Å². The third-order valence-corrected chi connectivity index (χ3v) is 2.69. The molecule has 2 amide bonds. The normalized spacial score (nSPS) is 10.0. The van der Waals surface area contributed by atoms with E-state index >= 15 is 0 Å². The number of hydrogen-bond donors (Lipinski definition) is 4. The first-order chi connectivity index (χ1) is 10.1. The van der Waals surface area contributed by atoms with E-state index in [1.165, 1.54) is 0 Å². The second kappa shape index (κ2) is 8.80. The van der Waals surface area contributed by atoms with Crippen LogP contribution in [0.2, 0.25) is 0 Å². The van der Waals surface area contributed by atoms with Gasteiger partial charge in [0.15, 0.2) is 0 Å². The molecule has 0 aliphatic carbocycles. The molecule has 0 bridgehead atoms. The maximum atomic E-state index is 11.9. The van der Waals surface area contributed by atoms with Gasteiger partial charge in [-0.25, -0.2) is 0 Å². The van der Waals surface area contributed by atoms with Gasteiger partial charge in [-0.2, -0.15) is 0 Å². The summed E-state index contributed by atoms with van der Waals surface area (Å²) >= 11 is 0. The van der Waals surface area contributed by atoms with Crippen molar-refractivity contribution in [2.75, 3.05) is 44.4 Å². The summed E-state index contributed by atoms with van der Waals surface area (Å²) < 4.78 is 4.84. The Morgan fingerprint density at radius 1 is 1.29 bits per heavy atom. The van der Waals surface area contributed by atoms with E-state index < -0.39 is 0 Å². The predicted octanol–water partition coefficient (Wildman–Crippen LogP) is 0.193. The monoisotopic (exact) mass is 294 g/mol. The molecule has 0 heterocycles. The van der Waals surface area contributed by atoms with E-state index in [2.05, 4.69) is 16.0 Å². The van der Waals surface area contributed by atoms with Crippen LogP contribution in [0.15, 0.2) is 18.2 Å². The molecule has 0 atom stereocenters. The minimum Gasteiger partial charge on any atom is -0.399 e. The minimum atomic E-state index is -0.209. The summed E-state index contributed by atoms with van der Waals surface area (Å²) in [5.74, 6) is -0.392. The zero-order valence-corrected chi connectivity index (χ0v) is 12.4. The average Bonchev–Trinajstić information content (AvgIpc) is 2.45. The fraction of sp³-hybridized carbons (Fsp3) is 0.429. The van der Waals surface area contributed by atoms with E-state index in [0.29, 0.717) is 36.6 Å². The van der Waals surface area contributed by atoms with Crippen LogP contribution in [-0.4, -0.2) is 45.2 Å². The maximum Gasteiger partial charge on any atom is 0.253 e. The summed E-state index contributed by atoms with van der Waals surface area (Å²) in [6.07, 6.45) is 0. The molecule has 0 unspecified atom stereocenters. The summed E-state index contributed by atoms with van der Waals surface area (Å²) in [5, 5.41) is 8.32. The molecule has 0 radical (unpaired) electrons. The summed E-state index contributed by atoms with van der Waals surface area (Å²) in [6.45, 7) is 3.32. The standard InChI is InChI=1S/C14H22N4O3/c1-3-16-14(20)11-5-4-10(15)8-12(11)18-9-13(19)17-6-7-21-2/h4-5,8,18H,3,6-7,9,15H2,1-2H3,(H,16,20)(H,17,19). The lowest BCUT2D eigenvalue weighted by atomic mass is 10.1. The van der Waals surface area contributed by atoms with Crippen molar-refractivity contribution in [1.29, 1.82) is 0 Å². The first kappa shape index (κ1) is 16.8. The zero-order valence-electron chi connectivity index (χ0n) is 12.4. The molecule has 0 saturated carbocycles. The Morgan fingerprint density at radius 3 is 2.71 bits per heavy atom. The molecule has 1 aromatic rings. The molecule has 1 aromatic carbocycles. The Morgan fingerprint density at radius 2 is 2.05 bits per heavy atom. The molecule has 21 heavy (non-hydrogen) atoms. The van der Waals surface area contributed by atoms with Crippen molar-refractivity contribution >= 4 is 23.2 Å². The van der Waals surface area contributed by atoms with Crippen LogP contribution in [0.1, 0.15) is 17.3 Å². The molecule has 0 aliphatic rings. The number of carbonyl (C=O) groups is 2. The first-order valence-corrected chi connectivity index (χ1v) is 6.75. The topological polar surface area (TPSA) is 105 Å². The summed E-state index contributed by atoms with van der Waals surface area (Å²) in [7, 11) is 1.57. The number of ether oxygens (including phenoxy) is 1. The highest BCUT2D eigenvalue weighted by molar-refractivity contribution is 6.00. The van der Waals surface area contributed by atoms with Gasteiger partial charge in [0.25, 0.3) is 5.91 Å². The van der Waals surface area contributed by atoms with Gasteiger partial charge in [-0.3, -0.25) is 9.59 Å². The van der Waals surface area contributed by atoms with Crippen molar-refractivity contribution in [3.8, 4) is 0 Å². The zero-order chi connectivity index (χ0) is 15.7. The van der Waals surface area contributed by atoms with Crippen molar-refractivity contribution in [3.05, 3.63) is 23.8 Å². The Balaban J connectivity index is 2.66. The molecule has 0 aromatic heterocycles. The fourth-order valence-electron chi connectivity index (χ4n) is 1.69. The van der Waals surface area contributed by atoms with Crippen LogP contribution >= 0.6 is 0 Å². The molecular formula is C14H22N4O3. The van der Waals surface area contributed by atoms with Crippen molar-refractivity contribution in [3.63, 3.8) is 0 Å². The van der Waals surface area contributed by atoms with Gasteiger partial charge in [-0.05, 0) is 25.1 Å². The third kappa shape index (κ3) is 5.70. The van der Waals surface area contributed by atoms with Crippen molar-refractivity contribution in [1.82, 2.24) is 10.6 Å². The molecule has 5 N–H and O–H groups in total. The number of anilines is 2. The highest BCUT2D eigenvalue weighted by Gasteiger charge is 2.11. The lowest BCUT2D eigenvalue weighted by Gasteiger charge is -2.12. The Labute approximate surface area is 124 Å². The molecule has 0 aliphatic heterocycles. The number of carbonyl (C=O) groups excluding carboxylic acids is 2. The summed E-state index contributed by atoms with van der Waals surface area (Å²) in [5.41, 5.74) is 7.22. The van der Waals surface area contributed by atoms with Crippen molar-refractivity contribution in [2.45, 2.75) is 6.92 Å². The number of nitrogens with one attached hydrogen (secondary N) is 3. The predicted molar refractivity (Wildman–Crippen MR) is 82.2 cm³/mol. The van der Waals surface area contributed by atoms with E-state index in [1.54, 1.807) is 25.3 Å². The van der Waals surface area contributed by atoms with E-state index in [9.17, 15) is 9.59 Å². The fourth-order valence-corrected chi connectivity index (χ4v) is 1.69. The molecule has 0 spiro atoms. The van der Waals surface area contributed by atoms with Gasteiger partial charge in [0, 0.05) is 31.6 Å². The second-order valence-corrected chi connectivity index (χ2v) is 4.36. The number of nitrogen functional groups attached to an aromatic ring is 1.